The van der Waals surface area contributed by atoms with Crippen LogP contribution in [0.2, 0.25) is 0 Å². The fourth-order valence-electron chi connectivity index (χ4n) is 2.94. The molecule has 3 aromatic rings. The smallest absolute Gasteiger partial charge is 0.0485 e. The first-order valence-electron chi connectivity index (χ1n) is 8.00. The summed E-state index contributed by atoms with van der Waals surface area (Å²) >= 11 is 5.65. The topological polar surface area (TPSA) is 0 Å². The molecule has 0 unspecified atom stereocenters. The summed E-state index contributed by atoms with van der Waals surface area (Å²) in [7, 11) is 0. The average Bonchev–Trinajstić information content (AvgIpc) is 3.17. The molecule has 1 aliphatic rings. The van der Waals surface area contributed by atoms with Crippen molar-refractivity contribution in [3.63, 3.8) is 0 Å². The molecule has 0 spiro atoms. The molecule has 1 aliphatic heterocycles. The summed E-state index contributed by atoms with van der Waals surface area (Å²) in [5, 5.41) is 4.90. The van der Waals surface area contributed by atoms with Crippen LogP contribution in [-0.4, -0.2) is 5.75 Å². The predicted octanol–water partition coefficient (Wildman–Crippen LogP) is 7.68. The van der Waals surface area contributed by atoms with E-state index < -0.39 is 0 Å². The lowest BCUT2D eigenvalue weighted by Gasteiger charge is -2.05. The van der Waals surface area contributed by atoms with Crippen molar-refractivity contribution in [2.24, 2.45) is 0 Å². The lowest BCUT2D eigenvalue weighted by Crippen LogP contribution is -1.82. The molecule has 0 aliphatic carbocycles. The van der Waals surface area contributed by atoms with Crippen molar-refractivity contribution >= 4 is 60.2 Å². The Labute approximate surface area is 154 Å². The monoisotopic (exact) mass is 366 g/mol. The summed E-state index contributed by atoms with van der Waals surface area (Å²) in [6.45, 7) is 8.32. The molecule has 0 bridgehead atoms. The van der Waals surface area contributed by atoms with Gasteiger partial charge in [0.15, 0.2) is 0 Å². The molecule has 0 saturated heterocycles. The van der Waals surface area contributed by atoms with Crippen molar-refractivity contribution in [2.75, 3.05) is 5.75 Å². The van der Waals surface area contributed by atoms with Gasteiger partial charge in [-0.3, -0.25) is 0 Å². The van der Waals surface area contributed by atoms with Crippen LogP contribution in [-0.2, 0) is 0 Å². The molecule has 1 aromatic carbocycles. The van der Waals surface area contributed by atoms with Gasteiger partial charge in [-0.1, -0.05) is 37.5 Å². The summed E-state index contributed by atoms with van der Waals surface area (Å²) in [6.07, 6.45) is 10.7. The molecule has 0 nitrogen and oxygen atoms in total. The van der Waals surface area contributed by atoms with Crippen molar-refractivity contribution in [1.82, 2.24) is 0 Å². The lowest BCUT2D eigenvalue weighted by atomic mass is 10.1. The number of hydrogen-bond acceptors (Lipinski definition) is 3. The highest BCUT2D eigenvalue weighted by atomic mass is 32.2. The first kappa shape index (κ1) is 15.9. The van der Waals surface area contributed by atoms with E-state index in [0.717, 1.165) is 24.2 Å². The van der Waals surface area contributed by atoms with E-state index in [1.54, 1.807) is 0 Å². The van der Waals surface area contributed by atoms with Crippen molar-refractivity contribution in [2.45, 2.75) is 17.7 Å². The quantitative estimate of drug-likeness (QED) is 0.398. The van der Waals surface area contributed by atoms with Crippen molar-refractivity contribution < 1.29 is 0 Å². The molecule has 3 heteroatoms. The van der Waals surface area contributed by atoms with Gasteiger partial charge in [-0.05, 0) is 53.0 Å². The molecule has 0 saturated carbocycles. The van der Waals surface area contributed by atoms with E-state index in [1.807, 2.05) is 40.5 Å². The average molecular weight is 367 g/mol. The van der Waals surface area contributed by atoms with Crippen LogP contribution in [0, 0.1) is 0 Å². The second kappa shape index (κ2) is 6.75. The van der Waals surface area contributed by atoms with Crippen LogP contribution in [0.1, 0.15) is 17.7 Å². The van der Waals surface area contributed by atoms with Gasteiger partial charge in [0.1, 0.15) is 0 Å². The highest BCUT2D eigenvalue weighted by molar-refractivity contribution is 7.99. The summed E-state index contributed by atoms with van der Waals surface area (Å²) < 4.78 is 2.73. The fourth-order valence-corrected chi connectivity index (χ4v) is 6.30. The van der Waals surface area contributed by atoms with Gasteiger partial charge in [0.05, 0.1) is 0 Å². The molecular formula is C21H18S3. The maximum atomic E-state index is 4.36. The second-order valence-corrected chi connectivity index (χ2v) is 8.93. The minimum Gasteiger partial charge on any atom is -0.144 e. The summed E-state index contributed by atoms with van der Waals surface area (Å²) in [5.74, 6) is 1.10. The third kappa shape index (κ3) is 2.92. The zero-order chi connectivity index (χ0) is 16.5. The zero-order valence-electron chi connectivity index (χ0n) is 13.4. The van der Waals surface area contributed by atoms with Gasteiger partial charge in [-0.25, -0.2) is 0 Å². The Morgan fingerprint density at radius 1 is 1.12 bits per heavy atom. The van der Waals surface area contributed by atoms with Gasteiger partial charge in [-0.2, -0.15) is 0 Å². The lowest BCUT2D eigenvalue weighted by molar-refractivity contribution is 1.20. The normalized spacial score (nSPS) is 18.2. The number of fused-ring (bicyclic) bond motifs is 4. The summed E-state index contributed by atoms with van der Waals surface area (Å²) in [6, 6.07) is 6.90. The first-order valence-corrected chi connectivity index (χ1v) is 10.7. The number of allylic oxidation sites excluding steroid dienone is 6. The highest BCUT2D eigenvalue weighted by Gasteiger charge is 2.16. The van der Waals surface area contributed by atoms with Gasteiger partial charge in [0.25, 0.3) is 0 Å². The Morgan fingerprint density at radius 2 is 2.04 bits per heavy atom. The molecule has 3 heterocycles. The van der Waals surface area contributed by atoms with Crippen LogP contribution in [0.4, 0.5) is 0 Å². The number of thioether (sulfide) groups is 1. The molecule has 120 valence electrons. The van der Waals surface area contributed by atoms with E-state index in [-0.39, 0.29) is 0 Å². The minimum absolute atomic E-state index is 0.934. The first-order chi connectivity index (χ1) is 11.8. The zero-order valence-corrected chi connectivity index (χ0v) is 15.8. The molecule has 0 fully saturated rings. The summed E-state index contributed by atoms with van der Waals surface area (Å²) in [5.41, 5.74) is 2.33. The van der Waals surface area contributed by atoms with E-state index in [1.165, 1.54) is 35.5 Å². The van der Waals surface area contributed by atoms with E-state index in [4.69, 9.17) is 0 Å². The fraction of sp³-hybridized carbons (Fsp3) is 0.143. The van der Waals surface area contributed by atoms with Gasteiger partial charge < -0.3 is 0 Å². The molecule has 0 N–H and O–H groups in total. The van der Waals surface area contributed by atoms with E-state index >= 15 is 0 Å². The molecule has 0 radical (unpaired) electrons. The number of benzene rings is 1. The minimum atomic E-state index is 0.934. The largest absolute Gasteiger partial charge is 0.144 e. The van der Waals surface area contributed by atoms with Gasteiger partial charge in [0, 0.05) is 30.3 Å². The van der Waals surface area contributed by atoms with Crippen LogP contribution in [0.3, 0.4) is 0 Å². The second-order valence-electron chi connectivity index (χ2n) is 5.83. The highest BCUT2D eigenvalue weighted by Crippen LogP contribution is 2.44. The molecular weight excluding hydrogens is 348 g/mol. The Hall–Kier alpha value is -1.55. The number of thiophene rings is 2. The summed E-state index contributed by atoms with van der Waals surface area (Å²) in [4.78, 5) is 2.71. The van der Waals surface area contributed by atoms with Gasteiger partial charge in [-0.15, -0.1) is 34.4 Å². The Kier molecular flexibility index (Phi) is 4.49. The van der Waals surface area contributed by atoms with Crippen molar-refractivity contribution in [1.29, 1.82) is 0 Å². The van der Waals surface area contributed by atoms with E-state index in [0.29, 0.717) is 0 Å². The molecule has 4 rings (SSSR count). The van der Waals surface area contributed by atoms with E-state index in [9.17, 15) is 0 Å². The molecule has 0 atom stereocenters. The maximum absolute atomic E-state index is 4.36. The van der Waals surface area contributed by atoms with Crippen LogP contribution in [0.5, 0.6) is 0 Å². The van der Waals surface area contributed by atoms with Crippen LogP contribution in [0.15, 0.2) is 71.5 Å². The number of rotatable bonds is 1. The molecule has 2 aromatic heterocycles. The van der Waals surface area contributed by atoms with Crippen LogP contribution < -0.4 is 0 Å². The third-order valence-electron chi connectivity index (χ3n) is 4.18. The van der Waals surface area contributed by atoms with Crippen molar-refractivity contribution in [3.05, 3.63) is 71.5 Å². The van der Waals surface area contributed by atoms with Crippen LogP contribution >= 0.6 is 34.4 Å². The predicted molar refractivity (Wildman–Crippen MR) is 114 cm³/mol. The number of hydrogen-bond donors (Lipinski definition) is 0. The Bertz CT molecular complexity index is 995. The molecule has 0 amide bonds. The van der Waals surface area contributed by atoms with Crippen molar-refractivity contribution in [3.8, 4) is 0 Å². The van der Waals surface area contributed by atoms with Gasteiger partial charge in [0.2, 0.25) is 0 Å². The van der Waals surface area contributed by atoms with E-state index in [2.05, 4.69) is 55.0 Å². The Balaban J connectivity index is 1.92. The Morgan fingerprint density at radius 3 is 2.92 bits per heavy atom. The SMILES string of the molecule is C=C/C1=C/C(=C)c2sc3cc4sccc4cc3c2SCCC=CC1. The van der Waals surface area contributed by atoms with Crippen LogP contribution in [0.25, 0.3) is 25.7 Å². The maximum Gasteiger partial charge on any atom is 0.0485 e. The molecule has 24 heavy (non-hydrogen) atoms. The third-order valence-corrected chi connectivity index (χ3v) is 7.57. The standard InChI is InChI=1S/C21H18S3/c1-3-15-7-5-4-6-9-23-21-17-12-16-8-10-22-18(16)13-19(17)24-20(21)14(2)11-15/h3-5,8,10-13H,1-2,6-7,9H2/b5-4?,15-11-. The van der Waals surface area contributed by atoms with Gasteiger partial charge >= 0.3 is 0 Å².